The Balaban J connectivity index is 1.63. The number of benzene rings is 2. The minimum Gasteiger partial charge on any atom is -0.452 e. The zero-order valence-corrected chi connectivity index (χ0v) is 18.1. The summed E-state index contributed by atoms with van der Waals surface area (Å²) in [5.74, 6) is -1.63. The average molecular weight is 408 g/mol. The number of amides is 2. The molecule has 2 amide bonds. The van der Waals surface area contributed by atoms with Crippen LogP contribution in [0, 0.1) is 33.6 Å². The van der Waals surface area contributed by atoms with Crippen LogP contribution in [0.1, 0.15) is 35.6 Å². The van der Waals surface area contributed by atoms with Crippen molar-refractivity contribution < 1.29 is 19.1 Å². The second-order valence-electron chi connectivity index (χ2n) is 8.01. The van der Waals surface area contributed by atoms with Gasteiger partial charge >= 0.3 is 5.97 Å². The van der Waals surface area contributed by atoms with Gasteiger partial charge < -0.3 is 15.0 Å². The molecule has 0 saturated carbocycles. The quantitative estimate of drug-likeness (QED) is 0.763. The molecule has 0 aromatic heterocycles. The summed E-state index contributed by atoms with van der Waals surface area (Å²) < 4.78 is 5.40. The molecule has 2 aromatic rings. The van der Waals surface area contributed by atoms with Gasteiger partial charge in [0.2, 0.25) is 5.91 Å². The molecule has 1 saturated heterocycles. The molecule has 2 atom stereocenters. The predicted octanol–water partition coefficient (Wildman–Crippen LogP) is 3.84. The van der Waals surface area contributed by atoms with Crippen molar-refractivity contribution in [2.75, 3.05) is 16.8 Å². The standard InChI is InChI=1S/C24H28N2O4/c1-14-9-10-16(3)20(11-14)25-23(28)18(5)30-24(29)19-12-22(27)26(13-19)21-8-6-7-15(2)17(21)4/h6-11,18-19H,12-13H2,1-5H3,(H,25,28)/t18-,19+/m1/s1. The highest BCUT2D eigenvalue weighted by Gasteiger charge is 2.37. The molecule has 1 aliphatic heterocycles. The average Bonchev–Trinajstić information content (AvgIpc) is 3.08. The van der Waals surface area contributed by atoms with E-state index in [1.54, 1.807) is 4.90 Å². The van der Waals surface area contributed by atoms with Gasteiger partial charge in [0, 0.05) is 24.3 Å². The monoisotopic (exact) mass is 408 g/mol. The zero-order valence-electron chi connectivity index (χ0n) is 18.1. The lowest BCUT2D eigenvalue weighted by atomic mass is 10.1. The smallest absolute Gasteiger partial charge is 0.312 e. The van der Waals surface area contributed by atoms with Crippen LogP contribution in [-0.2, 0) is 19.1 Å². The number of carbonyl (C=O) groups excluding carboxylic acids is 3. The summed E-state index contributed by atoms with van der Waals surface area (Å²) >= 11 is 0. The highest BCUT2D eigenvalue weighted by Crippen LogP contribution is 2.30. The molecule has 0 radical (unpaired) electrons. The van der Waals surface area contributed by atoms with E-state index in [2.05, 4.69) is 5.32 Å². The van der Waals surface area contributed by atoms with Crippen LogP contribution in [0.3, 0.4) is 0 Å². The molecule has 30 heavy (non-hydrogen) atoms. The molecule has 0 unspecified atom stereocenters. The number of hydrogen-bond donors (Lipinski definition) is 1. The Morgan fingerprint density at radius 1 is 1.10 bits per heavy atom. The van der Waals surface area contributed by atoms with Gasteiger partial charge in [-0.15, -0.1) is 0 Å². The molecular formula is C24H28N2O4. The van der Waals surface area contributed by atoms with Gasteiger partial charge in [0.25, 0.3) is 5.91 Å². The van der Waals surface area contributed by atoms with Crippen LogP contribution < -0.4 is 10.2 Å². The first-order valence-electron chi connectivity index (χ1n) is 10.1. The van der Waals surface area contributed by atoms with Gasteiger partial charge in [0.05, 0.1) is 5.92 Å². The predicted molar refractivity (Wildman–Crippen MR) is 116 cm³/mol. The van der Waals surface area contributed by atoms with Gasteiger partial charge in [-0.3, -0.25) is 14.4 Å². The minimum atomic E-state index is -0.956. The lowest BCUT2D eigenvalue weighted by Gasteiger charge is -2.20. The summed E-state index contributed by atoms with van der Waals surface area (Å²) in [5.41, 5.74) is 5.56. The van der Waals surface area contributed by atoms with Crippen LogP contribution in [0.15, 0.2) is 36.4 Å². The summed E-state index contributed by atoms with van der Waals surface area (Å²) in [6.07, 6.45) is -0.875. The Kier molecular flexibility index (Phi) is 6.25. The second-order valence-corrected chi connectivity index (χ2v) is 8.01. The van der Waals surface area contributed by atoms with Gasteiger partial charge in [-0.2, -0.15) is 0 Å². The first kappa shape index (κ1) is 21.6. The molecule has 0 spiro atoms. The molecule has 1 N–H and O–H groups in total. The Morgan fingerprint density at radius 3 is 2.57 bits per heavy atom. The van der Waals surface area contributed by atoms with Crippen LogP contribution in [-0.4, -0.2) is 30.4 Å². The SMILES string of the molecule is Cc1ccc(C)c(NC(=O)[C@@H](C)OC(=O)[C@H]2CC(=O)N(c3cccc(C)c3C)C2)c1. The largest absolute Gasteiger partial charge is 0.452 e. The molecule has 1 aliphatic rings. The maximum atomic E-state index is 12.6. The summed E-state index contributed by atoms with van der Waals surface area (Å²) in [6.45, 7) is 9.59. The van der Waals surface area contributed by atoms with E-state index >= 15 is 0 Å². The van der Waals surface area contributed by atoms with E-state index in [1.165, 1.54) is 6.92 Å². The van der Waals surface area contributed by atoms with Crippen molar-refractivity contribution in [1.29, 1.82) is 0 Å². The van der Waals surface area contributed by atoms with E-state index in [0.717, 1.165) is 27.9 Å². The molecule has 0 bridgehead atoms. The van der Waals surface area contributed by atoms with E-state index in [4.69, 9.17) is 4.74 Å². The third-order valence-corrected chi connectivity index (χ3v) is 5.64. The molecule has 6 heteroatoms. The number of hydrogen-bond acceptors (Lipinski definition) is 4. The molecule has 2 aromatic carbocycles. The van der Waals surface area contributed by atoms with Crippen molar-refractivity contribution in [2.24, 2.45) is 5.92 Å². The topological polar surface area (TPSA) is 75.7 Å². The molecule has 0 aliphatic carbocycles. The number of nitrogens with zero attached hydrogens (tertiary/aromatic N) is 1. The number of nitrogens with one attached hydrogen (secondary N) is 1. The van der Waals surface area contributed by atoms with E-state index < -0.39 is 23.9 Å². The summed E-state index contributed by atoms with van der Waals surface area (Å²) in [5, 5.41) is 2.81. The Labute approximate surface area is 177 Å². The lowest BCUT2D eigenvalue weighted by Crippen LogP contribution is -2.33. The van der Waals surface area contributed by atoms with Crippen molar-refractivity contribution in [1.82, 2.24) is 0 Å². The second kappa shape index (κ2) is 8.69. The van der Waals surface area contributed by atoms with Gasteiger partial charge in [0.1, 0.15) is 0 Å². The number of rotatable bonds is 5. The van der Waals surface area contributed by atoms with E-state index in [9.17, 15) is 14.4 Å². The fourth-order valence-corrected chi connectivity index (χ4v) is 3.56. The van der Waals surface area contributed by atoms with Crippen molar-refractivity contribution in [2.45, 2.75) is 47.1 Å². The maximum absolute atomic E-state index is 12.6. The van der Waals surface area contributed by atoms with Crippen LogP contribution in [0.5, 0.6) is 0 Å². The lowest BCUT2D eigenvalue weighted by molar-refractivity contribution is -0.157. The van der Waals surface area contributed by atoms with Gasteiger partial charge in [-0.25, -0.2) is 0 Å². The highest BCUT2D eigenvalue weighted by molar-refractivity contribution is 6.01. The van der Waals surface area contributed by atoms with Crippen LogP contribution in [0.4, 0.5) is 11.4 Å². The fourth-order valence-electron chi connectivity index (χ4n) is 3.56. The summed E-state index contributed by atoms with van der Waals surface area (Å²) in [4.78, 5) is 39.3. The molecule has 3 rings (SSSR count). The first-order valence-corrected chi connectivity index (χ1v) is 10.1. The van der Waals surface area contributed by atoms with Gasteiger partial charge in [0.15, 0.2) is 6.10 Å². The Bertz CT molecular complexity index is 999. The Morgan fingerprint density at radius 2 is 1.83 bits per heavy atom. The van der Waals surface area contributed by atoms with E-state index in [0.29, 0.717) is 5.69 Å². The molecular weight excluding hydrogens is 380 g/mol. The van der Waals surface area contributed by atoms with Crippen molar-refractivity contribution in [3.63, 3.8) is 0 Å². The normalized spacial score (nSPS) is 17.0. The van der Waals surface area contributed by atoms with Crippen molar-refractivity contribution in [3.8, 4) is 0 Å². The maximum Gasteiger partial charge on any atom is 0.312 e. The third kappa shape index (κ3) is 4.53. The van der Waals surface area contributed by atoms with Crippen LogP contribution in [0.25, 0.3) is 0 Å². The number of ether oxygens (including phenoxy) is 1. The number of esters is 1. The molecule has 1 fully saturated rings. The van der Waals surface area contributed by atoms with Gasteiger partial charge in [-0.1, -0.05) is 24.3 Å². The van der Waals surface area contributed by atoms with Crippen LogP contribution >= 0.6 is 0 Å². The minimum absolute atomic E-state index is 0.0809. The van der Waals surface area contributed by atoms with Gasteiger partial charge in [-0.05, 0) is 69.0 Å². The highest BCUT2D eigenvalue weighted by atomic mass is 16.5. The number of anilines is 2. The van der Waals surface area contributed by atoms with E-state index in [-0.39, 0.29) is 18.9 Å². The molecule has 158 valence electrons. The molecule has 6 nitrogen and oxygen atoms in total. The first-order chi connectivity index (χ1) is 14.2. The summed E-state index contributed by atoms with van der Waals surface area (Å²) in [6, 6.07) is 11.5. The third-order valence-electron chi connectivity index (χ3n) is 5.64. The molecule has 1 heterocycles. The van der Waals surface area contributed by atoms with E-state index in [1.807, 2.05) is 64.1 Å². The van der Waals surface area contributed by atoms with Crippen molar-refractivity contribution >= 4 is 29.2 Å². The van der Waals surface area contributed by atoms with Crippen LogP contribution in [0.2, 0.25) is 0 Å². The number of aryl methyl sites for hydroxylation is 3. The van der Waals surface area contributed by atoms with Crippen molar-refractivity contribution in [3.05, 3.63) is 58.7 Å². The zero-order chi connectivity index (χ0) is 22.0. The fraction of sp³-hybridized carbons (Fsp3) is 0.375. The Hall–Kier alpha value is -3.15. The number of carbonyl (C=O) groups is 3. The summed E-state index contributed by atoms with van der Waals surface area (Å²) in [7, 11) is 0.